The van der Waals surface area contributed by atoms with Crippen molar-refractivity contribution < 1.29 is 0 Å². The van der Waals surface area contributed by atoms with Crippen LogP contribution in [0, 0.1) is 6.92 Å². The van der Waals surface area contributed by atoms with Crippen LogP contribution in [0.1, 0.15) is 11.1 Å². The first-order valence-corrected chi connectivity index (χ1v) is 8.06. The number of benzene rings is 3. The normalized spacial score (nSPS) is 11.0. The zero-order valence-corrected chi connectivity index (χ0v) is 13.3. The third-order valence-electron chi connectivity index (χ3n) is 3.37. The second kappa shape index (κ2) is 7.10. The van der Waals surface area contributed by atoms with E-state index in [-0.39, 0.29) is 0 Å². The van der Waals surface area contributed by atoms with Crippen molar-refractivity contribution in [3.63, 3.8) is 0 Å². The fourth-order valence-electron chi connectivity index (χ4n) is 2.14. The molecule has 0 amide bonds. The quantitative estimate of drug-likeness (QED) is 0.547. The summed E-state index contributed by atoms with van der Waals surface area (Å²) in [5.74, 6) is 0. The summed E-state index contributed by atoms with van der Waals surface area (Å²) in [6.45, 7) is 2.10. The van der Waals surface area contributed by atoms with Crippen molar-refractivity contribution in [2.75, 3.05) is 0 Å². The van der Waals surface area contributed by atoms with Crippen LogP contribution < -0.4 is 0 Å². The Bertz CT molecular complexity index is 778. The highest BCUT2D eigenvalue weighted by molar-refractivity contribution is 7.99. The van der Waals surface area contributed by atoms with E-state index in [0.717, 1.165) is 11.3 Å². The molecule has 1 nitrogen and oxygen atoms in total. The van der Waals surface area contributed by atoms with E-state index < -0.39 is 0 Å². The average Bonchev–Trinajstić information content (AvgIpc) is 2.56. The molecule has 0 atom stereocenters. The molecular weight excluding hydrogens is 286 g/mol. The van der Waals surface area contributed by atoms with E-state index in [2.05, 4.69) is 66.5 Å². The summed E-state index contributed by atoms with van der Waals surface area (Å²) in [5.41, 5.74) is 3.39. The standard InChI is InChI=1S/C20H17NS/c1-16-9-5-6-10-17(16)15-21-19-13-7-8-14-20(19)22-18-11-3-2-4-12-18/h2-15H,1H3. The van der Waals surface area contributed by atoms with Gasteiger partial charge in [0, 0.05) is 16.0 Å². The van der Waals surface area contributed by atoms with E-state index >= 15 is 0 Å². The Morgan fingerprint density at radius 1 is 0.773 bits per heavy atom. The molecule has 0 aliphatic heterocycles. The predicted molar refractivity (Wildman–Crippen MR) is 95.4 cm³/mol. The minimum absolute atomic E-state index is 1.000. The maximum atomic E-state index is 4.69. The van der Waals surface area contributed by atoms with Crippen LogP contribution in [0.25, 0.3) is 0 Å². The van der Waals surface area contributed by atoms with Gasteiger partial charge in [0.25, 0.3) is 0 Å². The second-order valence-corrected chi connectivity index (χ2v) is 6.11. The first kappa shape index (κ1) is 14.6. The van der Waals surface area contributed by atoms with Crippen LogP contribution >= 0.6 is 11.8 Å². The fraction of sp³-hybridized carbons (Fsp3) is 0.0500. The van der Waals surface area contributed by atoms with E-state index in [0.29, 0.717) is 0 Å². The van der Waals surface area contributed by atoms with Crippen molar-refractivity contribution in [3.05, 3.63) is 90.0 Å². The van der Waals surface area contributed by atoms with Crippen LogP contribution in [-0.4, -0.2) is 6.21 Å². The van der Waals surface area contributed by atoms with E-state index in [1.807, 2.05) is 30.5 Å². The van der Waals surface area contributed by atoms with E-state index in [1.54, 1.807) is 11.8 Å². The molecule has 0 aromatic heterocycles. The predicted octanol–water partition coefficient (Wildman–Crippen LogP) is 5.90. The number of para-hydroxylation sites is 1. The summed E-state index contributed by atoms with van der Waals surface area (Å²) >= 11 is 1.74. The van der Waals surface area contributed by atoms with Gasteiger partial charge >= 0.3 is 0 Å². The smallest absolute Gasteiger partial charge is 0.0769 e. The van der Waals surface area contributed by atoms with Gasteiger partial charge in [0.2, 0.25) is 0 Å². The molecule has 2 heteroatoms. The highest BCUT2D eigenvalue weighted by atomic mass is 32.2. The number of hydrogen-bond donors (Lipinski definition) is 0. The molecule has 0 fully saturated rings. The fourth-order valence-corrected chi connectivity index (χ4v) is 3.06. The summed E-state index contributed by atoms with van der Waals surface area (Å²) < 4.78 is 0. The summed E-state index contributed by atoms with van der Waals surface area (Å²) in [6.07, 6.45) is 1.94. The summed E-state index contributed by atoms with van der Waals surface area (Å²) in [5, 5.41) is 0. The second-order valence-electron chi connectivity index (χ2n) is 5.00. The number of aryl methyl sites for hydroxylation is 1. The first-order chi connectivity index (χ1) is 10.8. The molecule has 0 saturated heterocycles. The molecule has 0 spiro atoms. The number of nitrogens with zero attached hydrogens (tertiary/aromatic N) is 1. The lowest BCUT2D eigenvalue weighted by atomic mass is 10.1. The Balaban J connectivity index is 1.87. The zero-order chi connectivity index (χ0) is 15.2. The molecule has 0 N–H and O–H groups in total. The van der Waals surface area contributed by atoms with Gasteiger partial charge < -0.3 is 0 Å². The van der Waals surface area contributed by atoms with Crippen LogP contribution in [0.3, 0.4) is 0 Å². The van der Waals surface area contributed by atoms with Gasteiger partial charge in [0.1, 0.15) is 0 Å². The third-order valence-corrected chi connectivity index (χ3v) is 4.44. The van der Waals surface area contributed by atoms with E-state index in [4.69, 9.17) is 0 Å². The van der Waals surface area contributed by atoms with Crippen LogP contribution in [-0.2, 0) is 0 Å². The lowest BCUT2D eigenvalue weighted by Crippen LogP contribution is -1.85. The SMILES string of the molecule is Cc1ccccc1C=Nc1ccccc1Sc1ccccc1. The topological polar surface area (TPSA) is 12.4 Å². The van der Waals surface area contributed by atoms with Crippen molar-refractivity contribution in [2.45, 2.75) is 16.7 Å². The van der Waals surface area contributed by atoms with Gasteiger partial charge in [-0.25, -0.2) is 0 Å². The Labute approximate surface area is 135 Å². The van der Waals surface area contributed by atoms with Crippen molar-refractivity contribution in [1.82, 2.24) is 0 Å². The highest BCUT2D eigenvalue weighted by Crippen LogP contribution is 2.34. The van der Waals surface area contributed by atoms with Gasteiger partial charge in [-0.3, -0.25) is 4.99 Å². The monoisotopic (exact) mass is 303 g/mol. The Morgan fingerprint density at radius 2 is 1.45 bits per heavy atom. The van der Waals surface area contributed by atoms with Crippen molar-refractivity contribution >= 4 is 23.7 Å². The van der Waals surface area contributed by atoms with Crippen LogP contribution in [0.5, 0.6) is 0 Å². The molecule has 0 heterocycles. The highest BCUT2D eigenvalue weighted by Gasteiger charge is 2.02. The first-order valence-electron chi connectivity index (χ1n) is 7.24. The molecule has 0 aliphatic rings. The molecule has 0 aliphatic carbocycles. The van der Waals surface area contributed by atoms with Gasteiger partial charge in [-0.1, -0.05) is 66.4 Å². The zero-order valence-electron chi connectivity index (χ0n) is 12.4. The molecule has 3 aromatic rings. The van der Waals surface area contributed by atoms with Crippen LogP contribution in [0.15, 0.2) is 93.6 Å². The number of hydrogen-bond acceptors (Lipinski definition) is 2. The van der Waals surface area contributed by atoms with E-state index in [1.165, 1.54) is 15.4 Å². The minimum Gasteiger partial charge on any atom is -0.255 e. The Morgan fingerprint density at radius 3 is 2.27 bits per heavy atom. The maximum Gasteiger partial charge on any atom is 0.0769 e. The molecular formula is C20H17NS. The minimum atomic E-state index is 1.000. The van der Waals surface area contributed by atoms with Gasteiger partial charge in [-0.05, 0) is 42.3 Å². The van der Waals surface area contributed by atoms with Gasteiger partial charge in [0.05, 0.1) is 5.69 Å². The Kier molecular flexibility index (Phi) is 4.71. The lowest BCUT2D eigenvalue weighted by molar-refractivity contribution is 1.35. The molecule has 0 unspecified atom stereocenters. The Hall–Kier alpha value is -2.32. The maximum absolute atomic E-state index is 4.69. The molecule has 22 heavy (non-hydrogen) atoms. The van der Waals surface area contributed by atoms with E-state index in [9.17, 15) is 0 Å². The summed E-state index contributed by atoms with van der Waals surface area (Å²) in [6, 6.07) is 26.9. The lowest BCUT2D eigenvalue weighted by Gasteiger charge is -2.05. The van der Waals surface area contributed by atoms with Crippen LogP contribution in [0.4, 0.5) is 5.69 Å². The molecule has 3 rings (SSSR count). The van der Waals surface area contributed by atoms with Gasteiger partial charge in [-0.15, -0.1) is 0 Å². The average molecular weight is 303 g/mol. The summed E-state index contributed by atoms with van der Waals surface area (Å²) in [4.78, 5) is 7.08. The number of rotatable bonds is 4. The largest absolute Gasteiger partial charge is 0.255 e. The molecule has 3 aromatic carbocycles. The third kappa shape index (κ3) is 3.66. The van der Waals surface area contributed by atoms with Crippen molar-refractivity contribution in [1.29, 1.82) is 0 Å². The molecule has 0 saturated carbocycles. The molecule has 0 radical (unpaired) electrons. The number of aliphatic imine (C=N–C) groups is 1. The molecule has 108 valence electrons. The molecule has 0 bridgehead atoms. The van der Waals surface area contributed by atoms with Gasteiger partial charge in [0.15, 0.2) is 0 Å². The van der Waals surface area contributed by atoms with Crippen molar-refractivity contribution in [3.8, 4) is 0 Å². The van der Waals surface area contributed by atoms with Crippen LogP contribution in [0.2, 0.25) is 0 Å². The summed E-state index contributed by atoms with van der Waals surface area (Å²) in [7, 11) is 0. The van der Waals surface area contributed by atoms with Crippen molar-refractivity contribution in [2.24, 2.45) is 4.99 Å². The van der Waals surface area contributed by atoms with Gasteiger partial charge in [-0.2, -0.15) is 0 Å².